The van der Waals surface area contributed by atoms with Crippen LogP contribution in [0.3, 0.4) is 0 Å². The first kappa shape index (κ1) is 12.2. The van der Waals surface area contributed by atoms with E-state index in [1.54, 1.807) is 7.05 Å². The predicted molar refractivity (Wildman–Crippen MR) is 63.5 cm³/mol. The lowest BCUT2D eigenvalue weighted by atomic mass is 10.1. The van der Waals surface area contributed by atoms with E-state index in [0.717, 1.165) is 0 Å². The number of ketones is 1. The molecular weight excluding hydrogens is 312 g/mol. The number of nitrogens with zero attached hydrogens (tertiary/aromatic N) is 3. The summed E-state index contributed by atoms with van der Waals surface area (Å²) in [5.41, 5.74) is 0.301. The Bertz CT molecular complexity index is 580. The number of aryl methyl sites for hydroxylation is 1. The molecule has 0 atom stereocenters. The minimum Gasteiger partial charge on any atom is -0.287 e. The third-order valence-corrected chi connectivity index (χ3v) is 3.12. The lowest BCUT2D eigenvalue weighted by molar-refractivity contribution is 0.102. The summed E-state index contributed by atoms with van der Waals surface area (Å²) in [4.78, 5) is 12.1. The number of rotatable bonds is 2. The number of aromatic nitrogens is 3. The molecule has 2 rings (SSSR count). The third kappa shape index (κ3) is 2.10. The molecule has 0 N–H and O–H groups in total. The molecule has 0 unspecified atom stereocenters. The van der Waals surface area contributed by atoms with Crippen molar-refractivity contribution in [2.75, 3.05) is 0 Å². The predicted octanol–water partition coefficient (Wildman–Crippen LogP) is 2.60. The van der Waals surface area contributed by atoms with Crippen molar-refractivity contribution in [2.45, 2.75) is 0 Å². The van der Waals surface area contributed by atoms with Crippen molar-refractivity contribution < 1.29 is 9.18 Å². The van der Waals surface area contributed by atoms with Crippen LogP contribution < -0.4 is 0 Å². The fourth-order valence-corrected chi connectivity index (χ4v) is 2.10. The molecule has 0 spiro atoms. The van der Waals surface area contributed by atoms with Gasteiger partial charge in [-0.25, -0.2) is 9.07 Å². The van der Waals surface area contributed by atoms with Crippen molar-refractivity contribution in [3.63, 3.8) is 0 Å². The molecular formula is C10H6BrClFN3O. The Labute approximate surface area is 110 Å². The van der Waals surface area contributed by atoms with Crippen molar-refractivity contribution in [1.29, 1.82) is 0 Å². The van der Waals surface area contributed by atoms with Gasteiger partial charge in [-0.2, -0.15) is 0 Å². The Kier molecular flexibility index (Phi) is 3.26. The summed E-state index contributed by atoms with van der Waals surface area (Å²) in [6.45, 7) is 0. The van der Waals surface area contributed by atoms with Gasteiger partial charge in [-0.15, -0.1) is 5.10 Å². The zero-order valence-electron chi connectivity index (χ0n) is 8.62. The molecule has 1 aromatic heterocycles. The topological polar surface area (TPSA) is 47.8 Å². The van der Waals surface area contributed by atoms with Crippen LogP contribution in [0.25, 0.3) is 0 Å². The SMILES string of the molecule is Cn1nnc(Br)c1C(=O)c1cccc(F)c1Cl. The molecule has 0 aliphatic carbocycles. The summed E-state index contributed by atoms with van der Waals surface area (Å²) in [5.74, 6) is -1.07. The molecule has 0 saturated carbocycles. The Morgan fingerprint density at radius 3 is 2.82 bits per heavy atom. The average Bonchev–Trinajstić information content (AvgIpc) is 2.62. The number of benzene rings is 1. The van der Waals surface area contributed by atoms with E-state index >= 15 is 0 Å². The van der Waals surface area contributed by atoms with Gasteiger partial charge in [0.2, 0.25) is 5.78 Å². The molecule has 88 valence electrons. The van der Waals surface area contributed by atoms with Crippen LogP contribution in [0, 0.1) is 5.82 Å². The molecule has 0 saturated heterocycles. The summed E-state index contributed by atoms with van der Waals surface area (Å²) >= 11 is 8.85. The third-order valence-electron chi connectivity index (χ3n) is 2.20. The number of hydrogen-bond acceptors (Lipinski definition) is 3. The van der Waals surface area contributed by atoms with Crippen LogP contribution in [0.4, 0.5) is 4.39 Å². The molecule has 0 radical (unpaired) electrons. The van der Waals surface area contributed by atoms with Crippen molar-refractivity contribution in [3.8, 4) is 0 Å². The monoisotopic (exact) mass is 317 g/mol. The lowest BCUT2D eigenvalue weighted by Crippen LogP contribution is -2.10. The lowest BCUT2D eigenvalue weighted by Gasteiger charge is -2.04. The summed E-state index contributed by atoms with van der Waals surface area (Å²) in [7, 11) is 1.57. The van der Waals surface area contributed by atoms with Crippen LogP contribution in [-0.2, 0) is 7.05 Å². The Hall–Kier alpha value is -1.27. The van der Waals surface area contributed by atoms with E-state index in [4.69, 9.17) is 11.6 Å². The minimum absolute atomic E-state index is 0.0813. The van der Waals surface area contributed by atoms with Crippen molar-refractivity contribution in [1.82, 2.24) is 15.0 Å². The molecule has 0 fully saturated rings. The van der Waals surface area contributed by atoms with Gasteiger partial charge in [0.15, 0.2) is 4.60 Å². The van der Waals surface area contributed by atoms with Gasteiger partial charge >= 0.3 is 0 Å². The molecule has 1 heterocycles. The standard InChI is InChI=1S/C10H6BrClFN3O/c1-16-8(10(11)14-15-16)9(17)5-3-2-4-6(13)7(5)12/h2-4H,1H3. The van der Waals surface area contributed by atoms with E-state index in [0.29, 0.717) is 4.60 Å². The maximum atomic E-state index is 13.2. The Balaban J connectivity index is 2.55. The van der Waals surface area contributed by atoms with Gasteiger partial charge in [-0.05, 0) is 28.1 Å². The van der Waals surface area contributed by atoms with Gasteiger partial charge in [0.05, 0.1) is 5.02 Å². The van der Waals surface area contributed by atoms with E-state index < -0.39 is 11.6 Å². The first-order chi connectivity index (χ1) is 8.02. The van der Waals surface area contributed by atoms with Gasteiger partial charge in [0, 0.05) is 12.6 Å². The fourth-order valence-electron chi connectivity index (χ4n) is 1.38. The first-order valence-corrected chi connectivity index (χ1v) is 5.73. The molecule has 2 aromatic rings. The number of carbonyl (C=O) groups is 1. The van der Waals surface area contributed by atoms with Gasteiger partial charge in [0.25, 0.3) is 0 Å². The Morgan fingerprint density at radius 2 is 2.24 bits per heavy atom. The van der Waals surface area contributed by atoms with Crippen LogP contribution in [0.2, 0.25) is 5.02 Å². The maximum Gasteiger partial charge on any atom is 0.215 e. The fraction of sp³-hybridized carbons (Fsp3) is 0.100. The average molecular weight is 319 g/mol. The normalized spacial score (nSPS) is 10.6. The second kappa shape index (κ2) is 4.54. The summed E-state index contributed by atoms with van der Waals surface area (Å²) < 4.78 is 14.8. The highest BCUT2D eigenvalue weighted by Crippen LogP contribution is 2.24. The molecule has 7 heteroatoms. The van der Waals surface area contributed by atoms with Crippen LogP contribution >= 0.6 is 27.5 Å². The van der Waals surface area contributed by atoms with Crippen LogP contribution in [0.15, 0.2) is 22.8 Å². The van der Waals surface area contributed by atoms with Crippen LogP contribution in [0.1, 0.15) is 16.1 Å². The first-order valence-electron chi connectivity index (χ1n) is 4.56. The molecule has 1 aromatic carbocycles. The summed E-state index contributed by atoms with van der Waals surface area (Å²) in [6.07, 6.45) is 0. The van der Waals surface area contributed by atoms with Gasteiger partial charge < -0.3 is 0 Å². The second-order valence-electron chi connectivity index (χ2n) is 3.28. The van der Waals surface area contributed by atoms with E-state index in [9.17, 15) is 9.18 Å². The van der Waals surface area contributed by atoms with Gasteiger partial charge in [-0.3, -0.25) is 4.79 Å². The van der Waals surface area contributed by atoms with Gasteiger partial charge in [-0.1, -0.05) is 22.9 Å². The summed E-state index contributed by atoms with van der Waals surface area (Å²) in [6, 6.07) is 4.06. The minimum atomic E-state index is -0.635. The highest BCUT2D eigenvalue weighted by atomic mass is 79.9. The highest BCUT2D eigenvalue weighted by Gasteiger charge is 2.22. The zero-order valence-corrected chi connectivity index (χ0v) is 11.0. The molecule has 0 aliphatic rings. The Morgan fingerprint density at radius 1 is 1.53 bits per heavy atom. The van der Waals surface area contributed by atoms with Crippen LogP contribution in [-0.4, -0.2) is 20.8 Å². The quantitative estimate of drug-likeness (QED) is 0.800. The van der Waals surface area contributed by atoms with Crippen molar-refractivity contribution in [2.24, 2.45) is 7.05 Å². The van der Waals surface area contributed by atoms with E-state index in [1.165, 1.54) is 22.9 Å². The molecule has 4 nitrogen and oxygen atoms in total. The van der Waals surface area contributed by atoms with E-state index in [-0.39, 0.29) is 16.3 Å². The van der Waals surface area contributed by atoms with Crippen molar-refractivity contribution >= 4 is 33.3 Å². The zero-order chi connectivity index (χ0) is 12.6. The van der Waals surface area contributed by atoms with Crippen LogP contribution in [0.5, 0.6) is 0 Å². The van der Waals surface area contributed by atoms with Crippen molar-refractivity contribution in [3.05, 3.63) is 44.9 Å². The molecule has 0 amide bonds. The summed E-state index contributed by atoms with van der Waals surface area (Å²) in [5, 5.41) is 7.16. The highest BCUT2D eigenvalue weighted by molar-refractivity contribution is 9.10. The maximum absolute atomic E-state index is 13.2. The molecule has 0 aliphatic heterocycles. The van der Waals surface area contributed by atoms with E-state index in [2.05, 4.69) is 26.2 Å². The molecule has 17 heavy (non-hydrogen) atoms. The number of hydrogen-bond donors (Lipinski definition) is 0. The smallest absolute Gasteiger partial charge is 0.215 e. The molecule has 0 bridgehead atoms. The number of carbonyl (C=O) groups excluding carboxylic acids is 1. The number of halogens is 3. The largest absolute Gasteiger partial charge is 0.287 e. The second-order valence-corrected chi connectivity index (χ2v) is 4.41. The van der Waals surface area contributed by atoms with Gasteiger partial charge in [0.1, 0.15) is 11.5 Å². The van der Waals surface area contributed by atoms with E-state index in [1.807, 2.05) is 0 Å².